The zero-order chi connectivity index (χ0) is 29.9. The van der Waals surface area contributed by atoms with Crippen molar-refractivity contribution in [1.82, 2.24) is 19.4 Å². The second-order valence-electron chi connectivity index (χ2n) is 10.1. The zero-order valence-corrected chi connectivity index (χ0v) is 24.4. The van der Waals surface area contributed by atoms with E-state index in [1.54, 1.807) is 49.6 Å². The summed E-state index contributed by atoms with van der Waals surface area (Å²) in [6.07, 6.45) is 2.07. The summed E-state index contributed by atoms with van der Waals surface area (Å²) < 4.78 is 17.4. The molecule has 1 N–H and O–H groups in total. The van der Waals surface area contributed by atoms with Crippen molar-refractivity contribution >= 4 is 23.3 Å². The van der Waals surface area contributed by atoms with Crippen LogP contribution in [0.2, 0.25) is 0 Å². The van der Waals surface area contributed by atoms with Gasteiger partial charge in [0.2, 0.25) is 0 Å². The van der Waals surface area contributed by atoms with E-state index in [0.717, 1.165) is 74.8 Å². The van der Waals surface area contributed by atoms with Gasteiger partial charge in [-0.25, -0.2) is 9.78 Å². The summed E-state index contributed by atoms with van der Waals surface area (Å²) in [4.78, 5) is 31.0. The number of carbonyl (C=O) groups excluding carboxylic acids is 1. The Labute approximate surface area is 246 Å². The summed E-state index contributed by atoms with van der Waals surface area (Å²) in [6, 6.07) is 19.4. The Hall–Kier alpha value is -4.25. The Morgan fingerprint density at radius 2 is 1.62 bits per heavy atom. The minimum absolute atomic E-state index is 0.302. The Bertz CT molecular complexity index is 1450. The Morgan fingerprint density at radius 1 is 0.952 bits per heavy atom. The van der Waals surface area contributed by atoms with Crippen LogP contribution in [0.4, 0.5) is 0 Å². The lowest BCUT2D eigenvalue weighted by Crippen LogP contribution is -2.44. The maximum absolute atomic E-state index is 11.1. The van der Waals surface area contributed by atoms with E-state index in [2.05, 4.69) is 21.8 Å². The predicted octanol–water partition coefficient (Wildman–Crippen LogP) is 4.73. The maximum atomic E-state index is 11.1. The number of carboxylic acid groups (broad SMARTS) is 1. The molecule has 10 nitrogen and oxygen atoms in total. The largest absolute Gasteiger partial charge is 0.497 e. The lowest BCUT2D eigenvalue weighted by molar-refractivity contribution is 0.0367. The fourth-order valence-corrected chi connectivity index (χ4v) is 4.30. The molecule has 10 heteroatoms. The molecule has 0 bridgehead atoms. The Kier molecular flexibility index (Phi) is 11.0. The quantitative estimate of drug-likeness (QED) is 0.314. The highest BCUT2D eigenvalue weighted by atomic mass is 16.5. The molecule has 0 aliphatic carbocycles. The first kappa shape index (κ1) is 30.7. The van der Waals surface area contributed by atoms with E-state index < -0.39 is 5.97 Å². The van der Waals surface area contributed by atoms with Gasteiger partial charge in [0.25, 0.3) is 0 Å². The van der Waals surface area contributed by atoms with Gasteiger partial charge in [-0.1, -0.05) is 12.1 Å². The molecular formula is C32H38N4O6. The van der Waals surface area contributed by atoms with E-state index in [1.165, 1.54) is 6.42 Å². The molecule has 3 aromatic carbocycles. The number of aromatic nitrogens is 2. The van der Waals surface area contributed by atoms with E-state index in [1.807, 2.05) is 35.9 Å². The van der Waals surface area contributed by atoms with Crippen LogP contribution in [0.1, 0.15) is 33.0 Å². The number of rotatable bonds is 7. The third kappa shape index (κ3) is 8.62. The summed E-state index contributed by atoms with van der Waals surface area (Å²) in [5.74, 6) is 2.20. The fourth-order valence-electron chi connectivity index (χ4n) is 4.30. The number of carbonyl (C=O) groups is 2. The predicted molar refractivity (Wildman–Crippen MR) is 161 cm³/mol. The first-order valence-electron chi connectivity index (χ1n) is 13.9. The lowest BCUT2D eigenvalue weighted by atomic mass is 10.2. The molecule has 2 saturated heterocycles. The number of likely N-dealkylation sites (N-methyl/N-ethyl adjacent to an activating group) is 1. The molecule has 0 saturated carbocycles. The number of aromatic carboxylic acids is 1. The standard InChI is InChI=1S/C15H20N4O2.C14H12O3.C3H6O/c1-17-5-7-19(8-6-17)10-14-16-12-4-3-11(15(20)21)9-13(12)18(14)2;1-16-12-5-7-13(8-6-12)17-14-4-2-3-11(9-14)10-15;1-2-4-3-1/h3-4,9H,5-8,10H2,1-2H3,(H,20,21);2-10H,1H3;1-3H2. The first-order valence-corrected chi connectivity index (χ1v) is 13.9. The second kappa shape index (κ2) is 15.1. The number of carboxylic acids is 1. The number of fused-ring (bicyclic) bond motifs is 1. The molecule has 2 fully saturated rings. The van der Waals surface area contributed by atoms with Gasteiger partial charge in [0.05, 0.1) is 30.3 Å². The number of piperazine rings is 1. The van der Waals surface area contributed by atoms with E-state index in [9.17, 15) is 9.59 Å². The van der Waals surface area contributed by atoms with Crippen LogP contribution in [-0.2, 0) is 18.3 Å². The minimum atomic E-state index is -0.904. The molecule has 222 valence electrons. The van der Waals surface area contributed by atoms with Crippen LogP contribution >= 0.6 is 0 Å². The van der Waals surface area contributed by atoms with Gasteiger partial charge in [-0.05, 0) is 68.1 Å². The maximum Gasteiger partial charge on any atom is 0.335 e. The normalized spacial score (nSPS) is 14.9. The van der Waals surface area contributed by atoms with Crippen LogP contribution in [0.5, 0.6) is 17.2 Å². The van der Waals surface area contributed by atoms with Gasteiger partial charge in [-0.3, -0.25) is 9.69 Å². The monoisotopic (exact) mass is 574 g/mol. The van der Waals surface area contributed by atoms with Crippen molar-refractivity contribution in [3.8, 4) is 17.2 Å². The molecule has 0 amide bonds. The van der Waals surface area contributed by atoms with E-state index in [4.69, 9.17) is 19.3 Å². The molecule has 2 aliphatic rings. The van der Waals surface area contributed by atoms with E-state index >= 15 is 0 Å². The van der Waals surface area contributed by atoms with Crippen LogP contribution in [0.25, 0.3) is 11.0 Å². The van der Waals surface area contributed by atoms with Crippen LogP contribution in [0.15, 0.2) is 66.7 Å². The van der Waals surface area contributed by atoms with Gasteiger partial charge < -0.3 is 28.8 Å². The number of imidazole rings is 1. The first-order chi connectivity index (χ1) is 20.4. The van der Waals surface area contributed by atoms with Crippen LogP contribution in [0, 0.1) is 0 Å². The molecule has 6 rings (SSSR count). The molecule has 3 heterocycles. The number of ether oxygens (including phenoxy) is 3. The highest BCUT2D eigenvalue weighted by Crippen LogP contribution is 2.24. The number of hydrogen-bond donors (Lipinski definition) is 1. The van der Waals surface area contributed by atoms with Crippen molar-refractivity contribution in [2.45, 2.75) is 13.0 Å². The highest BCUT2D eigenvalue weighted by Gasteiger charge is 2.17. The third-order valence-electron chi connectivity index (χ3n) is 7.05. The van der Waals surface area contributed by atoms with Crippen LogP contribution in [0.3, 0.4) is 0 Å². The minimum Gasteiger partial charge on any atom is -0.497 e. The van der Waals surface area contributed by atoms with Crippen molar-refractivity contribution in [3.63, 3.8) is 0 Å². The molecule has 4 aromatic rings. The summed E-state index contributed by atoms with van der Waals surface area (Å²) in [5.41, 5.74) is 2.62. The molecule has 1 aromatic heterocycles. The average molecular weight is 575 g/mol. The Balaban J connectivity index is 0.000000173. The van der Waals surface area contributed by atoms with Crippen LogP contribution < -0.4 is 9.47 Å². The molecule has 42 heavy (non-hydrogen) atoms. The van der Waals surface area contributed by atoms with Gasteiger partial charge in [0.15, 0.2) is 0 Å². The van der Waals surface area contributed by atoms with E-state index in [-0.39, 0.29) is 0 Å². The van der Waals surface area contributed by atoms with Crippen molar-refractivity contribution in [1.29, 1.82) is 0 Å². The lowest BCUT2D eigenvalue weighted by Gasteiger charge is -2.31. The molecular weight excluding hydrogens is 536 g/mol. The second-order valence-corrected chi connectivity index (χ2v) is 10.1. The third-order valence-corrected chi connectivity index (χ3v) is 7.05. The number of aldehydes is 1. The summed E-state index contributed by atoms with van der Waals surface area (Å²) in [5, 5.41) is 9.09. The van der Waals surface area contributed by atoms with Crippen molar-refractivity contribution in [2.75, 3.05) is 53.6 Å². The molecule has 0 atom stereocenters. The fraction of sp³-hybridized carbons (Fsp3) is 0.344. The summed E-state index contributed by atoms with van der Waals surface area (Å²) >= 11 is 0. The smallest absolute Gasteiger partial charge is 0.335 e. The van der Waals surface area contributed by atoms with Gasteiger partial charge in [0, 0.05) is 52.0 Å². The SMILES string of the molecule is C1COC1.CN1CCN(Cc2nc3ccc(C(=O)O)cc3n2C)CC1.COc1ccc(Oc2cccc(C=O)c2)cc1. The summed E-state index contributed by atoms with van der Waals surface area (Å²) in [6.45, 7) is 7.04. The van der Waals surface area contributed by atoms with Crippen molar-refractivity contribution in [2.24, 2.45) is 7.05 Å². The van der Waals surface area contributed by atoms with Gasteiger partial charge in [-0.2, -0.15) is 0 Å². The number of aryl methyl sites for hydroxylation is 1. The average Bonchev–Trinajstić information content (AvgIpc) is 3.28. The molecule has 0 spiro atoms. The van der Waals surface area contributed by atoms with E-state index in [0.29, 0.717) is 22.6 Å². The number of benzene rings is 3. The molecule has 0 unspecified atom stereocenters. The van der Waals surface area contributed by atoms with Crippen molar-refractivity contribution in [3.05, 3.63) is 83.7 Å². The van der Waals surface area contributed by atoms with Crippen LogP contribution in [-0.4, -0.2) is 90.3 Å². The highest BCUT2D eigenvalue weighted by molar-refractivity contribution is 5.92. The number of hydrogen-bond acceptors (Lipinski definition) is 8. The van der Waals surface area contributed by atoms with Gasteiger partial charge >= 0.3 is 5.97 Å². The van der Waals surface area contributed by atoms with Crippen molar-refractivity contribution < 1.29 is 28.9 Å². The summed E-state index contributed by atoms with van der Waals surface area (Å²) in [7, 11) is 5.70. The number of methoxy groups -OCH3 is 1. The molecule has 0 radical (unpaired) electrons. The number of nitrogens with zero attached hydrogens (tertiary/aromatic N) is 4. The van der Waals surface area contributed by atoms with Gasteiger partial charge in [0.1, 0.15) is 29.4 Å². The molecule has 2 aliphatic heterocycles. The topological polar surface area (TPSA) is 106 Å². The Morgan fingerprint density at radius 3 is 2.21 bits per heavy atom. The van der Waals surface area contributed by atoms with Gasteiger partial charge in [-0.15, -0.1) is 0 Å². The zero-order valence-electron chi connectivity index (χ0n) is 24.4.